The Kier molecular flexibility index (Phi) is 3.03. The highest BCUT2D eigenvalue weighted by Crippen LogP contribution is 2.40. The highest BCUT2D eigenvalue weighted by Gasteiger charge is 2.40. The van der Waals surface area contributed by atoms with Crippen molar-refractivity contribution >= 4 is 39.9 Å². The molecule has 0 aliphatic carbocycles. The van der Waals surface area contributed by atoms with Crippen molar-refractivity contribution in [2.45, 2.75) is 11.8 Å². The minimum atomic E-state index is 0.276. The summed E-state index contributed by atoms with van der Waals surface area (Å²) in [6.07, 6.45) is 1.11. The fraction of sp³-hybridized carbons (Fsp3) is 0.556. The average Bonchev–Trinajstić information content (AvgIpc) is 2.44. The van der Waals surface area contributed by atoms with Crippen LogP contribution >= 0.6 is 39.9 Å². The molecule has 1 aliphatic heterocycles. The summed E-state index contributed by atoms with van der Waals surface area (Å²) in [5, 5.41) is 2.13. The van der Waals surface area contributed by atoms with E-state index in [1.165, 1.54) is 9.35 Å². The van der Waals surface area contributed by atoms with Gasteiger partial charge in [-0.05, 0) is 34.2 Å². The van der Waals surface area contributed by atoms with Crippen LogP contribution in [0.25, 0.3) is 0 Å². The van der Waals surface area contributed by atoms with Gasteiger partial charge in [-0.1, -0.05) is 0 Å². The molecule has 0 aromatic carbocycles. The Balaban J connectivity index is 2.21. The maximum absolute atomic E-state index is 5.31. The molecule has 1 aliphatic rings. The molecular formula is C9H11BrOS2. The quantitative estimate of drug-likeness (QED) is 0.836. The lowest BCUT2D eigenvalue weighted by Gasteiger charge is -2.40. The number of hydrogen-bond donors (Lipinski definition) is 1. The van der Waals surface area contributed by atoms with Crippen molar-refractivity contribution in [3.8, 4) is 0 Å². The molecule has 0 amide bonds. The van der Waals surface area contributed by atoms with Crippen LogP contribution in [0.3, 0.4) is 0 Å². The second-order valence-electron chi connectivity index (χ2n) is 3.38. The first-order chi connectivity index (χ1) is 6.27. The minimum absolute atomic E-state index is 0.276. The molecule has 0 spiro atoms. The first-order valence-corrected chi connectivity index (χ1v) is 6.50. The number of ether oxygens (including phenoxy) is 1. The van der Waals surface area contributed by atoms with Gasteiger partial charge in [-0.3, -0.25) is 0 Å². The summed E-state index contributed by atoms with van der Waals surface area (Å²) in [6.45, 7) is 1.72. The van der Waals surface area contributed by atoms with Gasteiger partial charge < -0.3 is 4.74 Å². The molecule has 0 saturated carbocycles. The second-order valence-corrected chi connectivity index (χ2v) is 5.65. The lowest BCUT2D eigenvalue weighted by molar-refractivity contribution is -0.0595. The summed E-state index contributed by atoms with van der Waals surface area (Å²) in [5.41, 5.74) is 0.276. The van der Waals surface area contributed by atoms with Crippen molar-refractivity contribution in [2.24, 2.45) is 0 Å². The summed E-state index contributed by atoms with van der Waals surface area (Å²) >= 11 is 9.59. The number of hydrogen-bond acceptors (Lipinski definition) is 3. The lowest BCUT2D eigenvalue weighted by Crippen LogP contribution is -2.46. The third-order valence-electron chi connectivity index (χ3n) is 2.44. The molecule has 1 aromatic heterocycles. The lowest BCUT2D eigenvalue weighted by atomic mass is 9.82. The maximum atomic E-state index is 5.31. The first kappa shape index (κ1) is 10.0. The maximum Gasteiger partial charge on any atom is 0.0593 e. The molecule has 0 N–H and O–H groups in total. The number of thiol groups is 1. The molecule has 1 fully saturated rings. The summed E-state index contributed by atoms with van der Waals surface area (Å²) in [5.74, 6) is 0.929. The molecule has 2 rings (SSSR count). The molecule has 1 saturated heterocycles. The van der Waals surface area contributed by atoms with Crippen molar-refractivity contribution in [3.05, 3.63) is 20.8 Å². The van der Waals surface area contributed by atoms with Crippen LogP contribution in [0.4, 0.5) is 0 Å². The summed E-state index contributed by atoms with van der Waals surface area (Å²) in [6, 6.07) is 2.20. The van der Waals surface area contributed by atoms with Crippen molar-refractivity contribution in [3.63, 3.8) is 0 Å². The summed E-state index contributed by atoms with van der Waals surface area (Å²) in [4.78, 5) is 1.43. The van der Waals surface area contributed by atoms with Gasteiger partial charge >= 0.3 is 0 Å². The number of rotatable bonds is 3. The highest BCUT2D eigenvalue weighted by molar-refractivity contribution is 9.10. The Bertz CT molecular complexity index is 294. The minimum Gasteiger partial charge on any atom is -0.379 e. The highest BCUT2D eigenvalue weighted by atomic mass is 79.9. The standard InChI is InChI=1S/C9H11BrOS2/c10-7-3-8(13-4-7)9(1-2-12)5-11-6-9/h3-4,12H,1-2,5-6H2. The largest absolute Gasteiger partial charge is 0.379 e. The average molecular weight is 279 g/mol. The number of thiophene rings is 1. The zero-order chi connectivity index (χ0) is 9.31. The molecule has 0 unspecified atom stereocenters. The molecule has 1 nitrogen and oxygen atoms in total. The van der Waals surface area contributed by atoms with Gasteiger partial charge in [0, 0.05) is 14.7 Å². The van der Waals surface area contributed by atoms with Gasteiger partial charge in [-0.15, -0.1) is 11.3 Å². The van der Waals surface area contributed by atoms with Crippen LogP contribution in [0, 0.1) is 0 Å². The van der Waals surface area contributed by atoms with E-state index in [4.69, 9.17) is 4.74 Å². The van der Waals surface area contributed by atoms with Crippen molar-refractivity contribution in [2.75, 3.05) is 19.0 Å². The van der Waals surface area contributed by atoms with Crippen molar-refractivity contribution < 1.29 is 4.74 Å². The van der Waals surface area contributed by atoms with Crippen LogP contribution < -0.4 is 0 Å². The Morgan fingerprint density at radius 2 is 2.38 bits per heavy atom. The van der Waals surface area contributed by atoms with Gasteiger partial charge in [0.1, 0.15) is 0 Å². The van der Waals surface area contributed by atoms with Gasteiger partial charge in [0.15, 0.2) is 0 Å². The fourth-order valence-corrected chi connectivity index (χ4v) is 3.62. The smallest absolute Gasteiger partial charge is 0.0593 e. The van der Waals surface area contributed by atoms with Crippen LogP contribution in [-0.2, 0) is 10.2 Å². The topological polar surface area (TPSA) is 9.23 Å². The van der Waals surface area contributed by atoms with Crippen molar-refractivity contribution in [1.29, 1.82) is 0 Å². The Labute approximate surface area is 96.0 Å². The third kappa shape index (κ3) is 1.82. The number of halogens is 1. The van der Waals surface area contributed by atoms with E-state index in [-0.39, 0.29) is 5.41 Å². The van der Waals surface area contributed by atoms with Gasteiger partial charge in [-0.2, -0.15) is 12.6 Å². The van der Waals surface area contributed by atoms with Gasteiger partial charge in [0.2, 0.25) is 0 Å². The van der Waals surface area contributed by atoms with Crippen LogP contribution in [0.15, 0.2) is 15.9 Å². The predicted molar refractivity (Wildman–Crippen MR) is 63.0 cm³/mol. The van der Waals surface area contributed by atoms with E-state index in [2.05, 4.69) is 40.0 Å². The Morgan fingerprint density at radius 1 is 1.62 bits per heavy atom. The van der Waals surface area contributed by atoms with Gasteiger partial charge in [0.05, 0.1) is 18.6 Å². The molecule has 0 atom stereocenters. The molecule has 72 valence electrons. The van der Waals surface area contributed by atoms with Crippen LogP contribution in [0.2, 0.25) is 0 Å². The zero-order valence-corrected chi connectivity index (χ0v) is 10.4. The summed E-state index contributed by atoms with van der Waals surface area (Å²) < 4.78 is 6.49. The predicted octanol–water partition coefficient (Wildman–Crippen LogP) is 3.10. The van der Waals surface area contributed by atoms with E-state index in [0.29, 0.717) is 0 Å². The van der Waals surface area contributed by atoms with Crippen LogP contribution in [0.5, 0.6) is 0 Å². The van der Waals surface area contributed by atoms with E-state index in [9.17, 15) is 0 Å². The SMILES string of the molecule is SCCC1(c2cc(Br)cs2)COC1. The van der Waals surface area contributed by atoms with Crippen LogP contribution in [-0.4, -0.2) is 19.0 Å². The normalized spacial score (nSPS) is 19.8. The molecule has 2 heterocycles. The third-order valence-corrected chi connectivity index (χ3v) is 4.60. The van der Waals surface area contributed by atoms with E-state index >= 15 is 0 Å². The van der Waals surface area contributed by atoms with Gasteiger partial charge in [0.25, 0.3) is 0 Å². The fourth-order valence-electron chi connectivity index (χ4n) is 1.56. The Hall–Kier alpha value is 0.490. The van der Waals surface area contributed by atoms with E-state index in [1.807, 2.05) is 11.3 Å². The monoisotopic (exact) mass is 278 g/mol. The second kappa shape index (κ2) is 3.93. The molecule has 1 aromatic rings. The van der Waals surface area contributed by atoms with Gasteiger partial charge in [-0.25, -0.2) is 0 Å². The molecular weight excluding hydrogens is 268 g/mol. The van der Waals surface area contributed by atoms with E-state index < -0.39 is 0 Å². The van der Waals surface area contributed by atoms with E-state index in [0.717, 1.165) is 25.4 Å². The summed E-state index contributed by atoms with van der Waals surface area (Å²) in [7, 11) is 0. The first-order valence-electron chi connectivity index (χ1n) is 4.20. The van der Waals surface area contributed by atoms with E-state index in [1.54, 1.807) is 0 Å². The Morgan fingerprint density at radius 3 is 2.77 bits per heavy atom. The molecule has 0 bridgehead atoms. The molecule has 4 heteroatoms. The zero-order valence-electron chi connectivity index (χ0n) is 7.12. The molecule has 13 heavy (non-hydrogen) atoms. The molecule has 0 radical (unpaired) electrons. The van der Waals surface area contributed by atoms with Crippen LogP contribution in [0.1, 0.15) is 11.3 Å². The van der Waals surface area contributed by atoms with Crippen molar-refractivity contribution in [1.82, 2.24) is 0 Å².